The van der Waals surface area contributed by atoms with Crippen LogP contribution in [0.1, 0.15) is 108 Å². The quantitative estimate of drug-likeness (QED) is 0.143. The molecular weight excluding hydrogens is 820 g/mol. The normalized spacial score (nSPS) is 12.0. The van der Waals surface area contributed by atoms with Crippen molar-refractivity contribution in [3.63, 3.8) is 0 Å². The molecule has 0 atom stereocenters. The van der Waals surface area contributed by atoms with E-state index in [0.29, 0.717) is 29.3 Å². The third-order valence-corrected chi connectivity index (χ3v) is 9.84. The van der Waals surface area contributed by atoms with E-state index in [4.69, 9.17) is 14.8 Å². The molecule has 0 amide bonds. The molecule has 268 valence electrons. The van der Waals surface area contributed by atoms with Crippen LogP contribution in [0.5, 0.6) is 11.5 Å². The maximum Gasteiger partial charge on any atom is 2.00 e. The van der Waals surface area contributed by atoms with Crippen LogP contribution in [0.4, 0.5) is 0 Å². The Labute approximate surface area is 323 Å². The molecule has 0 saturated carbocycles. The van der Waals surface area contributed by atoms with Crippen LogP contribution in [-0.4, -0.2) is 19.3 Å². The van der Waals surface area contributed by atoms with Crippen LogP contribution in [-0.2, 0) is 26.5 Å². The average Bonchev–Trinajstić information content (AvgIpc) is 3.70. The first-order valence-electron chi connectivity index (χ1n) is 18.2. The van der Waals surface area contributed by atoms with Crippen molar-refractivity contribution in [2.24, 2.45) is 0 Å². The summed E-state index contributed by atoms with van der Waals surface area (Å²) in [6.07, 6.45) is 6.02. The molecule has 0 aliphatic heterocycles. The summed E-state index contributed by atoms with van der Waals surface area (Å²) in [7, 11) is 0. The van der Waals surface area contributed by atoms with Gasteiger partial charge in [-0.15, -0.1) is 41.3 Å². The van der Waals surface area contributed by atoms with Crippen LogP contribution in [0.25, 0.3) is 44.4 Å². The van der Waals surface area contributed by atoms with Crippen molar-refractivity contribution in [2.75, 3.05) is 0 Å². The summed E-state index contributed by atoms with van der Waals surface area (Å²) in [6.45, 7) is 22.3. The number of aromatic nitrogens is 4. The Morgan fingerprint density at radius 1 is 0.750 bits per heavy atom. The van der Waals surface area contributed by atoms with Gasteiger partial charge in [0.1, 0.15) is 5.82 Å². The molecule has 6 heteroatoms. The van der Waals surface area contributed by atoms with E-state index in [-0.39, 0.29) is 26.5 Å². The van der Waals surface area contributed by atoms with E-state index in [0.717, 1.165) is 44.4 Å². The Hall–Kier alpha value is -4.47. The zero-order valence-electron chi connectivity index (χ0n) is 31.9. The molecule has 0 unspecified atom stereocenters. The summed E-state index contributed by atoms with van der Waals surface area (Å²) >= 11 is 0. The first-order chi connectivity index (χ1) is 24.3. The summed E-state index contributed by atoms with van der Waals surface area (Å²) in [5.74, 6) is 3.27. The smallest absolute Gasteiger partial charge is 0.509 e. The zero-order chi connectivity index (χ0) is 36.2. The third-order valence-electron chi connectivity index (χ3n) is 9.84. The summed E-state index contributed by atoms with van der Waals surface area (Å²) in [5, 5.41) is 7.15. The second-order valence-corrected chi connectivity index (χ2v) is 15.8. The molecule has 0 aliphatic carbocycles. The Kier molecular flexibility index (Phi) is 10.4. The van der Waals surface area contributed by atoms with Gasteiger partial charge in [-0.25, -0.2) is 4.98 Å². The Bertz CT molecular complexity index is 2360. The van der Waals surface area contributed by atoms with Crippen molar-refractivity contribution in [3.05, 3.63) is 131 Å². The van der Waals surface area contributed by atoms with Crippen LogP contribution in [0.2, 0.25) is 0 Å². The summed E-state index contributed by atoms with van der Waals surface area (Å²) in [5.41, 5.74) is 11.5. The molecule has 4 aromatic carbocycles. The van der Waals surface area contributed by atoms with Crippen molar-refractivity contribution in [3.8, 4) is 34.1 Å². The summed E-state index contributed by atoms with van der Waals surface area (Å²) in [6, 6.07) is 32.9. The van der Waals surface area contributed by atoms with Gasteiger partial charge < -0.3 is 9.30 Å². The minimum absolute atomic E-state index is 0. The second kappa shape index (κ2) is 14.5. The number of pyridine rings is 1. The molecule has 0 spiro atoms. The number of aryl methyl sites for hydroxylation is 1. The molecule has 3 aromatic heterocycles. The predicted molar refractivity (Wildman–Crippen MR) is 211 cm³/mol. The van der Waals surface area contributed by atoms with Crippen molar-refractivity contribution >= 4 is 21.8 Å². The topological polar surface area (TPSA) is 44.9 Å². The number of hydrogen-bond acceptors (Lipinski definition) is 3. The van der Waals surface area contributed by atoms with Gasteiger partial charge in [0, 0.05) is 35.0 Å². The first kappa shape index (κ1) is 37.3. The van der Waals surface area contributed by atoms with Crippen molar-refractivity contribution in [1.82, 2.24) is 19.3 Å². The van der Waals surface area contributed by atoms with Crippen molar-refractivity contribution in [2.45, 2.75) is 92.4 Å². The fraction of sp³-hybridized carbons (Fsp3) is 0.304. The molecule has 7 aromatic rings. The van der Waals surface area contributed by atoms with Crippen LogP contribution >= 0.6 is 0 Å². The van der Waals surface area contributed by atoms with E-state index < -0.39 is 0 Å². The molecule has 7 rings (SSSR count). The Morgan fingerprint density at radius 2 is 1.46 bits per heavy atom. The maximum absolute atomic E-state index is 6.65. The van der Waals surface area contributed by atoms with E-state index in [1.54, 1.807) is 0 Å². The molecule has 3 heterocycles. The largest absolute Gasteiger partial charge is 2.00 e. The van der Waals surface area contributed by atoms with Crippen LogP contribution < -0.4 is 4.74 Å². The number of fused-ring (bicyclic) bond motifs is 3. The SMILES string of the molecule is Cc1cc(C(C)C)c(-c2cnn(-c3[c-]c(Oc4[c-]c5c(cc4)c4ccccc4n5-c4cc(C(C)C)ccn4)cc(C(C)(C)C)c3)c2)c(C(C)C)c1.[Pt+2]. The van der Waals surface area contributed by atoms with Crippen LogP contribution in [0.15, 0.2) is 91.4 Å². The standard InChI is InChI=1S/C46H48N4O.Pt/c1-28(2)32-17-18-47-44(21-32)50-42-14-12-11-13-38(42)39-16-15-36(25-43(39)50)51-37-23-34(46(8,9)10)22-35(24-37)49-27-33(26-48-49)45-40(29(3)4)19-31(7)20-41(45)30(5)6;/h11-23,26-30H,1-10H3;/q-2;+2. The van der Waals surface area contributed by atoms with E-state index in [1.165, 1.54) is 27.8 Å². The zero-order valence-corrected chi connectivity index (χ0v) is 34.2. The molecule has 0 bridgehead atoms. The minimum Gasteiger partial charge on any atom is -0.509 e. The van der Waals surface area contributed by atoms with Gasteiger partial charge in [-0.2, -0.15) is 11.2 Å². The molecule has 0 N–H and O–H groups in total. The molecule has 0 fully saturated rings. The molecule has 0 saturated heterocycles. The van der Waals surface area contributed by atoms with E-state index in [9.17, 15) is 0 Å². The monoisotopic (exact) mass is 867 g/mol. The van der Waals surface area contributed by atoms with Gasteiger partial charge in [-0.3, -0.25) is 4.68 Å². The van der Waals surface area contributed by atoms with E-state index in [1.807, 2.05) is 23.1 Å². The van der Waals surface area contributed by atoms with E-state index in [2.05, 4.69) is 159 Å². The van der Waals surface area contributed by atoms with Gasteiger partial charge in [0.05, 0.1) is 6.20 Å². The van der Waals surface area contributed by atoms with Gasteiger partial charge >= 0.3 is 21.1 Å². The molecular formula is C46H48N4OPt. The average molecular weight is 868 g/mol. The Balaban J connectivity index is 0.00000464. The molecule has 52 heavy (non-hydrogen) atoms. The van der Waals surface area contributed by atoms with Crippen molar-refractivity contribution in [1.29, 1.82) is 0 Å². The number of nitrogens with zero attached hydrogens (tertiary/aromatic N) is 4. The number of benzene rings is 4. The number of hydrogen-bond donors (Lipinski definition) is 0. The predicted octanol–water partition coefficient (Wildman–Crippen LogP) is 12.4. The van der Waals surface area contributed by atoms with Crippen molar-refractivity contribution < 1.29 is 25.8 Å². The first-order valence-corrected chi connectivity index (χ1v) is 18.2. The van der Waals surface area contributed by atoms with Gasteiger partial charge in [0.25, 0.3) is 0 Å². The Morgan fingerprint density at radius 3 is 2.13 bits per heavy atom. The summed E-state index contributed by atoms with van der Waals surface area (Å²) in [4.78, 5) is 4.81. The van der Waals surface area contributed by atoms with Gasteiger partial charge in [-0.05, 0) is 81.6 Å². The minimum atomic E-state index is -0.127. The van der Waals surface area contributed by atoms with E-state index >= 15 is 0 Å². The number of rotatable bonds is 8. The molecule has 5 nitrogen and oxygen atoms in total. The third kappa shape index (κ3) is 7.13. The molecule has 0 aliphatic rings. The van der Waals surface area contributed by atoms with Crippen LogP contribution in [0, 0.1) is 19.1 Å². The van der Waals surface area contributed by atoms with Gasteiger partial charge in [0.15, 0.2) is 0 Å². The van der Waals surface area contributed by atoms with Gasteiger partial charge in [0.2, 0.25) is 0 Å². The number of para-hydroxylation sites is 1. The van der Waals surface area contributed by atoms with Gasteiger partial charge in [-0.1, -0.05) is 104 Å². The second-order valence-electron chi connectivity index (χ2n) is 15.8. The fourth-order valence-electron chi connectivity index (χ4n) is 7.02. The summed E-state index contributed by atoms with van der Waals surface area (Å²) < 4.78 is 10.8. The number of ether oxygens (including phenoxy) is 1. The molecule has 0 radical (unpaired) electrons. The van der Waals surface area contributed by atoms with Crippen LogP contribution in [0.3, 0.4) is 0 Å². The fourth-order valence-corrected chi connectivity index (χ4v) is 7.02. The maximum atomic E-state index is 6.65.